The third-order valence-electron chi connectivity index (χ3n) is 2.66. The van der Waals surface area contributed by atoms with E-state index < -0.39 is 0 Å². The molecule has 0 amide bonds. The third kappa shape index (κ3) is 2.95. The maximum absolute atomic E-state index is 10.7. The molecule has 2 aromatic carbocycles. The van der Waals surface area contributed by atoms with Gasteiger partial charge in [-0.1, -0.05) is 41.6 Å². The number of benzene rings is 2. The molecule has 0 N–H and O–H groups in total. The van der Waals surface area contributed by atoms with Crippen molar-refractivity contribution in [2.45, 2.75) is 23.6 Å². The first-order valence-electron chi connectivity index (χ1n) is 5.60. The van der Waals surface area contributed by atoms with Crippen LogP contribution in [0.2, 0.25) is 5.02 Å². The van der Waals surface area contributed by atoms with E-state index in [1.54, 1.807) is 23.9 Å². The SMILES string of the molecule is Cc1ccc(C)c(Sc2ccc(C=O)cc2Cl)c1. The summed E-state index contributed by atoms with van der Waals surface area (Å²) in [5.74, 6) is 0. The van der Waals surface area contributed by atoms with Crippen LogP contribution >= 0.6 is 23.4 Å². The fourth-order valence-electron chi connectivity index (χ4n) is 1.61. The lowest BCUT2D eigenvalue weighted by Gasteiger charge is -2.08. The number of aryl methyl sites for hydroxylation is 2. The number of hydrogen-bond donors (Lipinski definition) is 0. The first kappa shape index (κ1) is 13.2. The quantitative estimate of drug-likeness (QED) is 0.740. The van der Waals surface area contributed by atoms with Crippen LogP contribution in [0.15, 0.2) is 46.2 Å². The number of hydrogen-bond acceptors (Lipinski definition) is 2. The van der Waals surface area contributed by atoms with Gasteiger partial charge in [0.15, 0.2) is 0 Å². The summed E-state index contributed by atoms with van der Waals surface area (Å²) in [4.78, 5) is 12.8. The first-order chi connectivity index (χ1) is 8.60. The standard InChI is InChI=1S/C15H13ClOS/c1-10-3-4-11(2)15(7-10)18-14-6-5-12(9-17)8-13(14)16/h3-9H,1-2H3. The second-order valence-corrected chi connectivity index (χ2v) is 5.67. The Morgan fingerprint density at radius 3 is 2.50 bits per heavy atom. The van der Waals surface area contributed by atoms with Crippen LogP contribution in [0.4, 0.5) is 0 Å². The first-order valence-corrected chi connectivity index (χ1v) is 6.79. The number of rotatable bonds is 3. The van der Waals surface area contributed by atoms with Crippen LogP contribution in [0.1, 0.15) is 21.5 Å². The van der Waals surface area contributed by atoms with Crippen molar-refractivity contribution in [3.63, 3.8) is 0 Å². The van der Waals surface area contributed by atoms with Crippen LogP contribution in [0.25, 0.3) is 0 Å². The van der Waals surface area contributed by atoms with Crippen molar-refractivity contribution in [3.05, 3.63) is 58.1 Å². The van der Waals surface area contributed by atoms with Crippen molar-refractivity contribution in [1.82, 2.24) is 0 Å². The minimum absolute atomic E-state index is 0.602. The average Bonchev–Trinajstić information content (AvgIpc) is 2.36. The zero-order chi connectivity index (χ0) is 13.1. The van der Waals surface area contributed by atoms with Gasteiger partial charge in [-0.2, -0.15) is 0 Å². The van der Waals surface area contributed by atoms with Gasteiger partial charge in [0.25, 0.3) is 0 Å². The summed E-state index contributed by atoms with van der Waals surface area (Å²) < 4.78 is 0. The normalized spacial score (nSPS) is 10.4. The van der Waals surface area contributed by atoms with Gasteiger partial charge in [0, 0.05) is 15.4 Å². The van der Waals surface area contributed by atoms with Crippen LogP contribution in [0, 0.1) is 13.8 Å². The Hall–Kier alpha value is -1.25. The van der Waals surface area contributed by atoms with E-state index in [1.807, 2.05) is 6.07 Å². The zero-order valence-corrected chi connectivity index (χ0v) is 11.8. The smallest absolute Gasteiger partial charge is 0.150 e. The maximum atomic E-state index is 10.7. The van der Waals surface area contributed by atoms with Crippen LogP contribution in [0.3, 0.4) is 0 Å². The van der Waals surface area contributed by atoms with Gasteiger partial charge in [-0.3, -0.25) is 4.79 Å². The van der Waals surface area contributed by atoms with Crippen molar-refractivity contribution in [3.8, 4) is 0 Å². The monoisotopic (exact) mass is 276 g/mol. The summed E-state index contributed by atoms with van der Waals surface area (Å²) in [6.07, 6.45) is 0.804. The summed E-state index contributed by atoms with van der Waals surface area (Å²) in [5, 5.41) is 0.616. The highest BCUT2D eigenvalue weighted by Crippen LogP contribution is 2.35. The van der Waals surface area contributed by atoms with Gasteiger partial charge in [0.2, 0.25) is 0 Å². The molecule has 2 aromatic rings. The Morgan fingerprint density at radius 1 is 1.06 bits per heavy atom. The summed E-state index contributed by atoms with van der Waals surface area (Å²) >= 11 is 7.80. The van der Waals surface area contributed by atoms with Gasteiger partial charge in [-0.15, -0.1) is 0 Å². The molecule has 0 aliphatic rings. The molecule has 92 valence electrons. The molecule has 0 heterocycles. The van der Waals surface area contributed by atoms with Crippen molar-refractivity contribution in [2.75, 3.05) is 0 Å². The molecule has 3 heteroatoms. The van der Waals surface area contributed by atoms with Crippen molar-refractivity contribution >= 4 is 29.6 Å². The predicted molar refractivity (Wildman–Crippen MR) is 76.9 cm³/mol. The molecule has 2 rings (SSSR count). The molecule has 0 radical (unpaired) electrons. The molecule has 18 heavy (non-hydrogen) atoms. The third-order valence-corrected chi connectivity index (χ3v) is 4.32. The molecular formula is C15H13ClOS. The summed E-state index contributed by atoms with van der Waals surface area (Å²) in [6.45, 7) is 4.15. The number of carbonyl (C=O) groups excluding carboxylic acids is 1. The lowest BCUT2D eigenvalue weighted by Crippen LogP contribution is -1.84. The maximum Gasteiger partial charge on any atom is 0.150 e. The summed E-state index contributed by atoms with van der Waals surface area (Å²) in [5.41, 5.74) is 3.05. The predicted octanol–water partition coefficient (Wildman–Crippen LogP) is 4.92. The minimum Gasteiger partial charge on any atom is -0.298 e. The van der Waals surface area contributed by atoms with Gasteiger partial charge in [0.1, 0.15) is 6.29 Å². The van der Waals surface area contributed by atoms with E-state index in [0.717, 1.165) is 11.2 Å². The lowest BCUT2D eigenvalue weighted by atomic mass is 10.2. The Balaban J connectivity index is 2.34. The minimum atomic E-state index is 0.602. The fraction of sp³-hybridized carbons (Fsp3) is 0.133. The summed E-state index contributed by atoms with van der Waals surface area (Å²) in [7, 11) is 0. The fourth-order valence-corrected chi connectivity index (χ4v) is 2.92. The van der Waals surface area contributed by atoms with Crippen molar-refractivity contribution in [2.24, 2.45) is 0 Å². The van der Waals surface area contributed by atoms with Crippen LogP contribution in [-0.4, -0.2) is 6.29 Å². The van der Waals surface area contributed by atoms with Crippen LogP contribution < -0.4 is 0 Å². The Labute approximate surface area is 116 Å². The molecule has 0 bridgehead atoms. The number of carbonyl (C=O) groups is 1. The summed E-state index contributed by atoms with van der Waals surface area (Å²) in [6, 6.07) is 11.7. The second-order valence-electron chi connectivity index (χ2n) is 4.18. The van der Waals surface area contributed by atoms with E-state index >= 15 is 0 Å². The van der Waals surface area contributed by atoms with E-state index in [2.05, 4.69) is 32.0 Å². The van der Waals surface area contributed by atoms with Gasteiger partial charge in [-0.05, 0) is 43.2 Å². The highest BCUT2D eigenvalue weighted by atomic mass is 35.5. The van der Waals surface area contributed by atoms with E-state index in [4.69, 9.17) is 11.6 Å². The van der Waals surface area contributed by atoms with Gasteiger partial charge in [0.05, 0.1) is 5.02 Å². The molecule has 0 aromatic heterocycles. The number of halogens is 1. The Bertz CT molecular complexity index is 593. The average molecular weight is 277 g/mol. The number of aldehydes is 1. The highest BCUT2D eigenvalue weighted by Gasteiger charge is 2.06. The zero-order valence-electron chi connectivity index (χ0n) is 10.2. The van der Waals surface area contributed by atoms with E-state index in [1.165, 1.54) is 16.0 Å². The largest absolute Gasteiger partial charge is 0.298 e. The molecule has 0 spiro atoms. The van der Waals surface area contributed by atoms with Crippen molar-refractivity contribution in [1.29, 1.82) is 0 Å². The van der Waals surface area contributed by atoms with Gasteiger partial charge >= 0.3 is 0 Å². The molecule has 0 unspecified atom stereocenters. The molecule has 0 saturated carbocycles. The topological polar surface area (TPSA) is 17.1 Å². The molecule has 1 nitrogen and oxygen atoms in total. The molecule has 0 aliphatic heterocycles. The Morgan fingerprint density at radius 2 is 1.83 bits per heavy atom. The van der Waals surface area contributed by atoms with Gasteiger partial charge in [-0.25, -0.2) is 0 Å². The Kier molecular flexibility index (Phi) is 4.10. The molecule has 0 aliphatic carbocycles. The van der Waals surface area contributed by atoms with Crippen molar-refractivity contribution < 1.29 is 4.79 Å². The molecule has 0 saturated heterocycles. The lowest BCUT2D eigenvalue weighted by molar-refractivity contribution is 0.112. The molecular weight excluding hydrogens is 264 g/mol. The van der Waals surface area contributed by atoms with Gasteiger partial charge < -0.3 is 0 Å². The van der Waals surface area contributed by atoms with E-state index in [9.17, 15) is 4.79 Å². The molecule has 0 atom stereocenters. The highest BCUT2D eigenvalue weighted by molar-refractivity contribution is 7.99. The van der Waals surface area contributed by atoms with Crippen LogP contribution in [-0.2, 0) is 0 Å². The second kappa shape index (κ2) is 5.59. The molecule has 0 fully saturated rings. The van der Waals surface area contributed by atoms with Crippen LogP contribution in [0.5, 0.6) is 0 Å². The van der Waals surface area contributed by atoms with E-state index in [-0.39, 0.29) is 0 Å². The van der Waals surface area contributed by atoms with E-state index in [0.29, 0.717) is 10.6 Å².